The third-order valence-corrected chi connectivity index (χ3v) is 2.83. The van der Waals surface area contributed by atoms with E-state index in [1.54, 1.807) is 4.90 Å². The van der Waals surface area contributed by atoms with Gasteiger partial charge >= 0.3 is 0 Å². The van der Waals surface area contributed by atoms with Gasteiger partial charge in [-0.3, -0.25) is 9.59 Å². The van der Waals surface area contributed by atoms with Crippen LogP contribution < -0.4 is 11.1 Å². The van der Waals surface area contributed by atoms with Crippen molar-refractivity contribution in [3.05, 3.63) is 0 Å². The maximum absolute atomic E-state index is 11.7. The summed E-state index contributed by atoms with van der Waals surface area (Å²) in [5.74, 6) is 0.174. The van der Waals surface area contributed by atoms with Crippen molar-refractivity contribution in [2.24, 2.45) is 5.73 Å². The molecule has 2 amide bonds. The molecule has 0 spiro atoms. The van der Waals surface area contributed by atoms with Gasteiger partial charge in [-0.15, -0.1) is 0 Å². The van der Waals surface area contributed by atoms with Crippen molar-refractivity contribution in [3.63, 3.8) is 0 Å². The lowest BCUT2D eigenvalue weighted by atomic mass is 10.2. The van der Waals surface area contributed by atoms with Crippen LogP contribution in [0.15, 0.2) is 0 Å². The average molecular weight is 257 g/mol. The highest BCUT2D eigenvalue weighted by atomic mass is 16.2. The summed E-state index contributed by atoms with van der Waals surface area (Å²) in [5.41, 5.74) is 5.57. The van der Waals surface area contributed by atoms with E-state index < -0.39 is 0 Å². The predicted octanol–water partition coefficient (Wildman–Crippen LogP) is 0.879. The molecule has 0 saturated carbocycles. The molecule has 0 saturated heterocycles. The van der Waals surface area contributed by atoms with Crippen LogP contribution in [0.25, 0.3) is 0 Å². The second-order valence-corrected chi connectivity index (χ2v) is 4.54. The lowest BCUT2D eigenvalue weighted by molar-refractivity contribution is -0.131. The van der Waals surface area contributed by atoms with Crippen LogP contribution in [-0.2, 0) is 9.59 Å². The van der Waals surface area contributed by atoms with Crippen molar-refractivity contribution in [1.29, 1.82) is 0 Å². The van der Waals surface area contributed by atoms with E-state index >= 15 is 0 Å². The lowest BCUT2D eigenvalue weighted by Gasteiger charge is -2.18. The maximum atomic E-state index is 11.7. The highest BCUT2D eigenvalue weighted by Crippen LogP contribution is 1.98. The third kappa shape index (κ3) is 8.06. The minimum absolute atomic E-state index is 0.0163. The molecule has 0 bridgehead atoms. The predicted molar refractivity (Wildman–Crippen MR) is 73.1 cm³/mol. The molecule has 0 radical (unpaired) electrons. The molecule has 0 aromatic heterocycles. The van der Waals surface area contributed by atoms with Crippen molar-refractivity contribution in [1.82, 2.24) is 10.2 Å². The second kappa shape index (κ2) is 9.88. The number of hydrogen-bond acceptors (Lipinski definition) is 3. The molecule has 0 aromatic rings. The van der Waals surface area contributed by atoms with Gasteiger partial charge in [0.15, 0.2) is 0 Å². The van der Waals surface area contributed by atoms with E-state index in [0.717, 1.165) is 13.1 Å². The number of hydrogen-bond donors (Lipinski definition) is 2. The van der Waals surface area contributed by atoms with Crippen molar-refractivity contribution < 1.29 is 9.59 Å². The van der Waals surface area contributed by atoms with Gasteiger partial charge in [-0.25, -0.2) is 0 Å². The minimum atomic E-state index is 0.0163. The van der Waals surface area contributed by atoms with E-state index in [9.17, 15) is 9.59 Å². The first kappa shape index (κ1) is 16.9. The normalized spacial score (nSPS) is 12.0. The number of amides is 2. The maximum Gasteiger partial charge on any atom is 0.222 e. The summed E-state index contributed by atoms with van der Waals surface area (Å²) in [5, 5.41) is 2.80. The van der Waals surface area contributed by atoms with Crippen molar-refractivity contribution in [3.8, 4) is 0 Å². The van der Waals surface area contributed by atoms with Gasteiger partial charge in [0.2, 0.25) is 11.8 Å². The molecular formula is C13H27N3O2. The van der Waals surface area contributed by atoms with Crippen LogP contribution in [0.5, 0.6) is 0 Å². The smallest absolute Gasteiger partial charge is 0.222 e. The van der Waals surface area contributed by atoms with Gasteiger partial charge in [0.25, 0.3) is 0 Å². The molecule has 0 aliphatic heterocycles. The molecule has 18 heavy (non-hydrogen) atoms. The Hall–Kier alpha value is -1.10. The number of carbonyl (C=O) groups excluding carboxylic acids is 2. The van der Waals surface area contributed by atoms with Crippen LogP contribution in [0.2, 0.25) is 0 Å². The van der Waals surface area contributed by atoms with Crippen LogP contribution in [0.4, 0.5) is 0 Å². The Morgan fingerprint density at radius 3 is 2.33 bits per heavy atom. The Balaban J connectivity index is 3.61. The summed E-state index contributed by atoms with van der Waals surface area (Å²) in [6.45, 7) is 7.88. The number of nitrogens with zero attached hydrogens (tertiary/aromatic N) is 1. The van der Waals surface area contributed by atoms with Gasteiger partial charge in [0.05, 0.1) is 0 Å². The van der Waals surface area contributed by atoms with E-state index in [1.165, 1.54) is 0 Å². The van der Waals surface area contributed by atoms with Gasteiger partial charge in [-0.2, -0.15) is 0 Å². The van der Waals surface area contributed by atoms with Crippen LogP contribution >= 0.6 is 0 Å². The minimum Gasteiger partial charge on any atom is -0.356 e. The zero-order chi connectivity index (χ0) is 14.0. The summed E-state index contributed by atoms with van der Waals surface area (Å²) in [7, 11) is 0. The topological polar surface area (TPSA) is 75.4 Å². The first-order chi connectivity index (χ1) is 8.51. The first-order valence-corrected chi connectivity index (χ1v) is 6.81. The Bertz CT molecular complexity index is 251. The molecule has 5 nitrogen and oxygen atoms in total. The van der Waals surface area contributed by atoms with E-state index in [2.05, 4.69) is 5.32 Å². The highest BCUT2D eigenvalue weighted by Gasteiger charge is 2.09. The molecule has 5 heteroatoms. The van der Waals surface area contributed by atoms with Gasteiger partial charge in [0, 0.05) is 38.5 Å². The summed E-state index contributed by atoms with van der Waals surface area (Å²) in [6, 6.07) is 0.0556. The fourth-order valence-corrected chi connectivity index (χ4v) is 1.65. The molecule has 0 aliphatic rings. The summed E-state index contributed by atoms with van der Waals surface area (Å²) >= 11 is 0. The van der Waals surface area contributed by atoms with Crippen molar-refractivity contribution >= 4 is 11.8 Å². The fourth-order valence-electron chi connectivity index (χ4n) is 1.65. The molecule has 1 atom stereocenters. The van der Waals surface area contributed by atoms with Crippen LogP contribution in [0, 0.1) is 0 Å². The van der Waals surface area contributed by atoms with E-state index in [0.29, 0.717) is 32.2 Å². The molecule has 0 fully saturated rings. The number of carbonyl (C=O) groups is 2. The van der Waals surface area contributed by atoms with Gasteiger partial charge in [-0.1, -0.05) is 0 Å². The largest absolute Gasteiger partial charge is 0.356 e. The molecule has 0 aromatic carbocycles. The molecule has 0 heterocycles. The Kier molecular flexibility index (Phi) is 9.28. The van der Waals surface area contributed by atoms with Crippen molar-refractivity contribution in [2.75, 3.05) is 19.6 Å². The van der Waals surface area contributed by atoms with Crippen LogP contribution in [-0.4, -0.2) is 42.4 Å². The van der Waals surface area contributed by atoms with Gasteiger partial charge in [0.1, 0.15) is 0 Å². The SMILES string of the molecule is CCN(CC)C(=O)CCCNC(=O)CCC(C)N. The highest BCUT2D eigenvalue weighted by molar-refractivity contribution is 5.77. The molecular weight excluding hydrogens is 230 g/mol. The average Bonchev–Trinajstić information content (AvgIpc) is 2.33. The number of nitrogens with two attached hydrogens (primary N) is 1. The van der Waals surface area contributed by atoms with Gasteiger partial charge in [-0.05, 0) is 33.6 Å². The van der Waals surface area contributed by atoms with E-state index in [-0.39, 0.29) is 17.9 Å². The first-order valence-electron chi connectivity index (χ1n) is 6.81. The van der Waals surface area contributed by atoms with Crippen molar-refractivity contribution in [2.45, 2.75) is 52.5 Å². The zero-order valence-corrected chi connectivity index (χ0v) is 11.9. The number of rotatable bonds is 9. The molecule has 106 valence electrons. The summed E-state index contributed by atoms with van der Waals surface area (Å²) < 4.78 is 0. The molecule has 1 unspecified atom stereocenters. The Morgan fingerprint density at radius 1 is 1.22 bits per heavy atom. The van der Waals surface area contributed by atoms with E-state index in [4.69, 9.17) is 5.73 Å². The quantitative estimate of drug-likeness (QED) is 0.602. The third-order valence-electron chi connectivity index (χ3n) is 2.83. The molecule has 3 N–H and O–H groups in total. The second-order valence-electron chi connectivity index (χ2n) is 4.54. The molecule has 0 rings (SSSR count). The van der Waals surface area contributed by atoms with Crippen LogP contribution in [0.3, 0.4) is 0 Å². The monoisotopic (exact) mass is 257 g/mol. The fraction of sp³-hybridized carbons (Fsp3) is 0.846. The zero-order valence-electron chi connectivity index (χ0n) is 11.9. The van der Waals surface area contributed by atoms with E-state index in [1.807, 2.05) is 20.8 Å². The summed E-state index contributed by atoms with van der Waals surface area (Å²) in [6.07, 6.45) is 2.35. The standard InChI is InChI=1S/C13H27N3O2/c1-4-16(5-2)13(18)7-6-10-15-12(17)9-8-11(3)14/h11H,4-10,14H2,1-3H3,(H,15,17). The lowest BCUT2D eigenvalue weighted by Crippen LogP contribution is -2.31. The van der Waals surface area contributed by atoms with Crippen LogP contribution in [0.1, 0.15) is 46.5 Å². The molecule has 0 aliphatic carbocycles. The Morgan fingerprint density at radius 2 is 1.83 bits per heavy atom. The summed E-state index contributed by atoms with van der Waals surface area (Å²) in [4.78, 5) is 24.8. The van der Waals surface area contributed by atoms with Gasteiger partial charge < -0.3 is 16.0 Å². The Labute approximate surface area is 110 Å². The number of nitrogens with one attached hydrogen (secondary N) is 1.